The smallest absolute Gasteiger partial charge is 0.116 e. The van der Waals surface area contributed by atoms with Crippen molar-refractivity contribution in [3.8, 4) is 0 Å². The summed E-state index contributed by atoms with van der Waals surface area (Å²) in [6, 6.07) is 0. The van der Waals surface area contributed by atoms with E-state index in [4.69, 9.17) is 50.9 Å². The maximum Gasteiger partial charge on any atom is 0.116 e. The number of quaternary nitrogens is 2. The molecule has 0 aromatic carbocycles. The number of hydrogen-bond donors (Lipinski definition) is 2. The first kappa shape index (κ1) is 28.1. The van der Waals surface area contributed by atoms with Crippen LogP contribution in [0.15, 0.2) is 0 Å². The van der Waals surface area contributed by atoms with E-state index in [-0.39, 0.29) is 12.2 Å². The molecule has 11 heteroatoms. The Bertz CT molecular complexity index is 352. The van der Waals surface area contributed by atoms with E-state index in [1.807, 2.05) is 42.3 Å². The molecule has 0 spiro atoms. The number of alkyl halides is 2. The van der Waals surface area contributed by atoms with Crippen molar-refractivity contribution in [2.75, 3.05) is 67.1 Å². The molecule has 8 nitrogen and oxygen atoms in total. The Morgan fingerprint density at radius 3 is 1.04 bits per heavy atom. The van der Waals surface area contributed by atoms with Crippen molar-refractivity contribution in [2.45, 2.75) is 12.2 Å². The highest BCUT2D eigenvalue weighted by Crippen LogP contribution is 1.96. The number of likely N-dealkylation sites (N-methyl/N-ethyl adjacent to an activating group) is 2. The number of rotatable bonds is 6. The van der Waals surface area contributed by atoms with E-state index in [0.29, 0.717) is 24.8 Å². The predicted octanol–water partition coefficient (Wildman–Crippen LogP) is -0.753. The van der Waals surface area contributed by atoms with Crippen LogP contribution in [0.2, 0.25) is 0 Å². The van der Waals surface area contributed by atoms with Gasteiger partial charge in [0.15, 0.2) is 0 Å². The predicted molar refractivity (Wildman–Crippen MR) is 89.7 cm³/mol. The molecule has 0 aromatic rings. The van der Waals surface area contributed by atoms with E-state index in [2.05, 4.69) is 0 Å². The SMILES string of the molecule is C[N+](C)(C)CC(O)CCl.C[N+](C)(C)CC(O)CCl.O=S(=O)([O-])[O-]. The van der Waals surface area contributed by atoms with E-state index < -0.39 is 10.4 Å². The molecule has 0 rings (SSSR count). The van der Waals surface area contributed by atoms with Crippen molar-refractivity contribution < 1.29 is 36.7 Å². The summed E-state index contributed by atoms with van der Waals surface area (Å²) in [5.74, 6) is 0.658. The third-order valence-electron chi connectivity index (χ3n) is 1.87. The topological polar surface area (TPSA) is 121 Å². The summed E-state index contributed by atoms with van der Waals surface area (Å²) in [6.45, 7) is 1.42. The monoisotopic (exact) mass is 400 g/mol. The Balaban J connectivity index is -0.000000273. The Morgan fingerprint density at radius 2 is 1.00 bits per heavy atom. The Labute approximate surface area is 150 Å². The lowest BCUT2D eigenvalue weighted by Gasteiger charge is -2.25. The Morgan fingerprint density at radius 1 is 0.826 bits per heavy atom. The zero-order chi connectivity index (χ0) is 19.5. The molecule has 2 N–H and O–H groups in total. The molecule has 0 aromatic heterocycles. The van der Waals surface area contributed by atoms with Gasteiger partial charge in [0.05, 0.1) is 54.0 Å². The van der Waals surface area contributed by atoms with Gasteiger partial charge in [0, 0.05) is 10.4 Å². The molecule has 2 unspecified atom stereocenters. The van der Waals surface area contributed by atoms with Gasteiger partial charge in [-0.1, -0.05) is 0 Å². The molecule has 0 aliphatic carbocycles. The van der Waals surface area contributed by atoms with Crippen molar-refractivity contribution in [2.24, 2.45) is 0 Å². The molecule has 0 bridgehead atoms. The van der Waals surface area contributed by atoms with Crippen molar-refractivity contribution in [1.29, 1.82) is 0 Å². The molecule has 0 aliphatic heterocycles. The van der Waals surface area contributed by atoms with Gasteiger partial charge >= 0.3 is 0 Å². The molecule has 23 heavy (non-hydrogen) atoms. The maximum absolute atomic E-state index is 9.05. The van der Waals surface area contributed by atoms with Crippen LogP contribution < -0.4 is 0 Å². The fourth-order valence-corrected chi connectivity index (χ4v) is 1.56. The first-order valence-electron chi connectivity index (χ1n) is 6.67. The second-order valence-electron chi connectivity index (χ2n) is 6.97. The molecule has 144 valence electrons. The van der Waals surface area contributed by atoms with Gasteiger partial charge in [-0.2, -0.15) is 0 Å². The molecular weight excluding hydrogens is 371 g/mol. The first-order valence-corrected chi connectivity index (χ1v) is 9.07. The molecular formula is C12H30Cl2N2O6S. The first-order chi connectivity index (χ1) is 9.91. The van der Waals surface area contributed by atoms with Crippen LogP contribution in [0.4, 0.5) is 0 Å². The lowest BCUT2D eigenvalue weighted by molar-refractivity contribution is -0.873. The number of hydrogen-bond acceptors (Lipinski definition) is 6. The minimum Gasteiger partial charge on any atom is -0.759 e. The lowest BCUT2D eigenvalue weighted by Crippen LogP contribution is -2.41. The van der Waals surface area contributed by atoms with Gasteiger partial charge < -0.3 is 28.3 Å². The van der Waals surface area contributed by atoms with Crippen LogP contribution >= 0.6 is 23.2 Å². The zero-order valence-electron chi connectivity index (χ0n) is 14.6. The van der Waals surface area contributed by atoms with Crippen molar-refractivity contribution in [3.05, 3.63) is 0 Å². The van der Waals surface area contributed by atoms with Crippen LogP contribution in [0.25, 0.3) is 0 Å². The summed E-state index contributed by atoms with van der Waals surface area (Å²) in [6.07, 6.45) is -0.738. The summed E-state index contributed by atoms with van der Waals surface area (Å²) in [5, 5.41) is 18.1. The van der Waals surface area contributed by atoms with Crippen molar-refractivity contribution in [1.82, 2.24) is 0 Å². The highest BCUT2D eigenvalue weighted by Gasteiger charge is 2.13. The second kappa shape index (κ2) is 12.6. The number of aliphatic hydroxyl groups excluding tert-OH is 2. The Hall–Kier alpha value is 0.290. The summed E-state index contributed by atoms with van der Waals surface area (Å²) in [7, 11) is 6.97. The zero-order valence-corrected chi connectivity index (χ0v) is 16.9. The van der Waals surface area contributed by atoms with E-state index in [1.54, 1.807) is 0 Å². The molecule has 0 saturated carbocycles. The largest absolute Gasteiger partial charge is 0.759 e. The van der Waals surface area contributed by atoms with Crippen LogP contribution in [0.1, 0.15) is 0 Å². The average Bonchev–Trinajstić information content (AvgIpc) is 2.22. The molecule has 0 heterocycles. The molecule has 0 fully saturated rings. The lowest BCUT2D eigenvalue weighted by atomic mass is 10.3. The van der Waals surface area contributed by atoms with E-state index in [0.717, 1.165) is 8.97 Å². The standard InChI is InChI=1S/2C6H15ClNO.H2O4S/c2*1-8(2,3)5-6(9)4-7;1-5(2,3)4/h2*6,9H,4-5H2,1-3H3;(H2,1,2,3,4)/q2*+1;/p-2. The van der Waals surface area contributed by atoms with Gasteiger partial charge in [-0.05, 0) is 0 Å². The third kappa shape index (κ3) is 44.9. The number of halogens is 2. The second-order valence-corrected chi connectivity index (χ2v) is 8.40. The minimum atomic E-state index is -5.17. The molecule has 0 radical (unpaired) electrons. The van der Waals surface area contributed by atoms with Gasteiger partial charge in [-0.15, -0.1) is 23.2 Å². The molecule has 0 amide bonds. The van der Waals surface area contributed by atoms with Crippen LogP contribution in [-0.4, -0.2) is 116 Å². The minimum absolute atomic E-state index is 0.329. The highest BCUT2D eigenvalue weighted by molar-refractivity contribution is 7.79. The molecule has 0 aliphatic rings. The van der Waals surface area contributed by atoms with Gasteiger partial charge in [0.2, 0.25) is 0 Å². The van der Waals surface area contributed by atoms with E-state index in [1.165, 1.54) is 0 Å². The normalized spacial score (nSPS) is 14.8. The quantitative estimate of drug-likeness (QED) is 0.261. The van der Waals surface area contributed by atoms with Gasteiger partial charge in [-0.25, -0.2) is 0 Å². The summed E-state index contributed by atoms with van der Waals surface area (Å²) < 4.78 is 35.6. The highest BCUT2D eigenvalue weighted by atomic mass is 35.5. The summed E-state index contributed by atoms with van der Waals surface area (Å²) >= 11 is 10.8. The fourth-order valence-electron chi connectivity index (χ4n) is 1.36. The van der Waals surface area contributed by atoms with Crippen molar-refractivity contribution >= 4 is 33.6 Å². The summed E-state index contributed by atoms with van der Waals surface area (Å²) in [4.78, 5) is 0. The average molecular weight is 401 g/mol. The van der Waals surface area contributed by atoms with Crippen molar-refractivity contribution in [3.63, 3.8) is 0 Å². The summed E-state index contributed by atoms with van der Waals surface area (Å²) in [5.41, 5.74) is 0. The number of nitrogens with zero attached hydrogens (tertiary/aromatic N) is 2. The molecule has 0 saturated heterocycles. The van der Waals surface area contributed by atoms with E-state index >= 15 is 0 Å². The number of aliphatic hydroxyl groups is 2. The van der Waals surface area contributed by atoms with Crippen LogP contribution in [0.5, 0.6) is 0 Å². The third-order valence-corrected chi connectivity index (χ3v) is 2.59. The van der Waals surface area contributed by atoms with E-state index in [9.17, 15) is 0 Å². The van der Waals surface area contributed by atoms with Gasteiger partial charge in [0.25, 0.3) is 0 Å². The van der Waals surface area contributed by atoms with Crippen LogP contribution in [-0.2, 0) is 10.4 Å². The molecule has 2 atom stereocenters. The maximum atomic E-state index is 9.05. The fraction of sp³-hybridized carbons (Fsp3) is 1.00. The van der Waals surface area contributed by atoms with Crippen LogP contribution in [0, 0.1) is 0 Å². The van der Waals surface area contributed by atoms with Gasteiger partial charge in [-0.3, -0.25) is 8.42 Å². The van der Waals surface area contributed by atoms with Crippen LogP contribution in [0.3, 0.4) is 0 Å². The Kier molecular flexibility index (Phi) is 15.4. The van der Waals surface area contributed by atoms with Gasteiger partial charge in [0.1, 0.15) is 25.3 Å².